The molecule has 0 bridgehead atoms. The Morgan fingerprint density at radius 3 is 2.95 bits per heavy atom. The van der Waals surface area contributed by atoms with Crippen LogP contribution in [0.25, 0.3) is 0 Å². The Labute approximate surface area is 120 Å². The molecule has 0 saturated carbocycles. The molecule has 0 aliphatic rings. The average molecular weight is 297 g/mol. The number of anilines is 1. The fourth-order valence-electron chi connectivity index (χ4n) is 1.58. The number of nitrogens with one attached hydrogen (secondary N) is 1. The normalized spacial score (nSPS) is 10.3. The largest absolute Gasteiger partial charge is 0.335 e. The number of carbonyl (C=O) groups is 1. The molecule has 0 aliphatic heterocycles. The third-order valence-corrected chi connectivity index (χ3v) is 3.73. The van der Waals surface area contributed by atoms with E-state index >= 15 is 0 Å². The van der Waals surface area contributed by atoms with Crippen molar-refractivity contribution < 1.29 is 4.79 Å². The predicted molar refractivity (Wildman–Crippen MR) is 77.2 cm³/mol. The van der Waals surface area contributed by atoms with Crippen LogP contribution in [0.5, 0.6) is 0 Å². The molecule has 5 nitrogen and oxygen atoms in total. The maximum absolute atomic E-state index is 12.2. The second kappa shape index (κ2) is 6.01. The van der Waals surface area contributed by atoms with Gasteiger partial charge < -0.3 is 10.3 Å². The Kier molecular flexibility index (Phi) is 4.36. The number of amides is 1. The van der Waals surface area contributed by atoms with Crippen LogP contribution in [0.15, 0.2) is 30.5 Å². The number of aromatic nitrogens is 1. The van der Waals surface area contributed by atoms with Gasteiger partial charge in [-0.25, -0.2) is 0 Å². The van der Waals surface area contributed by atoms with Crippen molar-refractivity contribution in [2.24, 2.45) is 5.84 Å². The van der Waals surface area contributed by atoms with Crippen LogP contribution >= 0.6 is 22.9 Å². The van der Waals surface area contributed by atoms with Crippen LogP contribution in [0.3, 0.4) is 0 Å². The van der Waals surface area contributed by atoms with Crippen molar-refractivity contribution in [3.63, 3.8) is 0 Å². The second-order valence-corrected chi connectivity index (χ2v) is 5.74. The van der Waals surface area contributed by atoms with Gasteiger partial charge in [-0.2, -0.15) is 0 Å². The molecule has 0 spiro atoms. The van der Waals surface area contributed by atoms with Crippen molar-refractivity contribution in [3.05, 3.63) is 45.4 Å². The van der Waals surface area contributed by atoms with Crippen molar-refractivity contribution in [2.45, 2.75) is 6.54 Å². The van der Waals surface area contributed by atoms with E-state index in [-0.39, 0.29) is 5.91 Å². The lowest BCUT2D eigenvalue weighted by Gasteiger charge is -2.15. The lowest BCUT2D eigenvalue weighted by atomic mass is 10.3. The maximum atomic E-state index is 12.2. The van der Waals surface area contributed by atoms with Gasteiger partial charge in [0.2, 0.25) is 0 Å². The minimum atomic E-state index is -0.165. The number of nitrogens with zero attached hydrogens (tertiary/aromatic N) is 2. The molecule has 19 heavy (non-hydrogen) atoms. The molecule has 100 valence electrons. The third-order valence-electron chi connectivity index (χ3n) is 2.51. The molecule has 0 saturated heterocycles. The number of nitrogen functional groups attached to an aromatic ring is 1. The van der Waals surface area contributed by atoms with Crippen molar-refractivity contribution in [3.8, 4) is 0 Å². The zero-order valence-electron chi connectivity index (χ0n) is 10.3. The van der Waals surface area contributed by atoms with Gasteiger partial charge in [-0.05, 0) is 24.3 Å². The van der Waals surface area contributed by atoms with Gasteiger partial charge in [0.05, 0.1) is 16.6 Å². The molecular weight excluding hydrogens is 284 g/mol. The van der Waals surface area contributed by atoms with Crippen molar-refractivity contribution in [1.29, 1.82) is 0 Å². The highest BCUT2D eigenvalue weighted by Crippen LogP contribution is 2.22. The van der Waals surface area contributed by atoms with Gasteiger partial charge in [0.1, 0.15) is 5.69 Å². The third kappa shape index (κ3) is 3.44. The molecule has 0 unspecified atom stereocenters. The molecule has 2 heterocycles. The molecular formula is C12H13ClN4OS. The van der Waals surface area contributed by atoms with E-state index in [1.807, 2.05) is 12.1 Å². The van der Waals surface area contributed by atoms with Crippen LogP contribution in [-0.2, 0) is 6.54 Å². The van der Waals surface area contributed by atoms with E-state index in [2.05, 4.69) is 10.4 Å². The van der Waals surface area contributed by atoms with Crippen LogP contribution in [0.2, 0.25) is 4.34 Å². The first-order chi connectivity index (χ1) is 9.10. The Bertz CT molecular complexity index is 587. The van der Waals surface area contributed by atoms with E-state index in [4.69, 9.17) is 17.4 Å². The summed E-state index contributed by atoms with van der Waals surface area (Å²) in [7, 11) is 1.72. The van der Waals surface area contributed by atoms with E-state index in [1.54, 1.807) is 24.1 Å². The number of hydrazine groups is 1. The zero-order valence-corrected chi connectivity index (χ0v) is 11.8. The van der Waals surface area contributed by atoms with E-state index in [0.29, 0.717) is 22.3 Å². The van der Waals surface area contributed by atoms with Crippen molar-refractivity contribution >= 4 is 34.5 Å². The van der Waals surface area contributed by atoms with Crippen LogP contribution in [0.4, 0.5) is 5.69 Å². The highest BCUT2D eigenvalue weighted by atomic mass is 35.5. The summed E-state index contributed by atoms with van der Waals surface area (Å²) >= 11 is 7.32. The zero-order chi connectivity index (χ0) is 13.8. The summed E-state index contributed by atoms with van der Waals surface area (Å²) < 4.78 is 0.711. The number of halogens is 1. The summed E-state index contributed by atoms with van der Waals surface area (Å²) in [4.78, 5) is 18.8. The van der Waals surface area contributed by atoms with E-state index in [1.165, 1.54) is 17.5 Å². The first-order valence-corrected chi connectivity index (χ1v) is 6.72. The highest BCUT2D eigenvalue weighted by Gasteiger charge is 2.14. The van der Waals surface area contributed by atoms with Gasteiger partial charge in [-0.15, -0.1) is 11.3 Å². The fourth-order valence-corrected chi connectivity index (χ4v) is 2.72. The van der Waals surface area contributed by atoms with Gasteiger partial charge in [-0.3, -0.25) is 15.6 Å². The average Bonchev–Trinajstić information content (AvgIpc) is 2.83. The van der Waals surface area contributed by atoms with E-state index in [9.17, 15) is 4.79 Å². The molecule has 1 amide bonds. The number of rotatable bonds is 4. The Morgan fingerprint density at radius 2 is 2.32 bits per heavy atom. The number of thiophene rings is 1. The fraction of sp³-hybridized carbons (Fsp3) is 0.167. The maximum Gasteiger partial charge on any atom is 0.272 e. The topological polar surface area (TPSA) is 71.2 Å². The molecule has 2 aromatic heterocycles. The standard InChI is InChI=1S/C12H13ClN4OS/c1-17(7-9-2-3-11(13)19-9)12(18)10-6-8(16-14)4-5-15-10/h2-6H,7,14H2,1H3,(H,15,16). The van der Waals surface area contributed by atoms with Crippen LogP contribution < -0.4 is 11.3 Å². The van der Waals surface area contributed by atoms with Crippen molar-refractivity contribution in [2.75, 3.05) is 12.5 Å². The minimum absolute atomic E-state index is 0.165. The van der Waals surface area contributed by atoms with E-state index in [0.717, 1.165) is 4.88 Å². The smallest absolute Gasteiger partial charge is 0.272 e. The van der Waals surface area contributed by atoms with Gasteiger partial charge in [0.25, 0.3) is 5.91 Å². The van der Waals surface area contributed by atoms with Crippen LogP contribution in [0.1, 0.15) is 15.4 Å². The molecule has 0 aliphatic carbocycles. The highest BCUT2D eigenvalue weighted by molar-refractivity contribution is 7.16. The molecule has 2 aromatic rings. The first-order valence-electron chi connectivity index (χ1n) is 5.52. The Morgan fingerprint density at radius 1 is 1.53 bits per heavy atom. The Hall–Kier alpha value is -1.63. The molecule has 0 fully saturated rings. The summed E-state index contributed by atoms with van der Waals surface area (Å²) in [6.07, 6.45) is 1.54. The number of hydrogen-bond donors (Lipinski definition) is 2. The first kappa shape index (κ1) is 13.8. The number of carbonyl (C=O) groups excluding carboxylic acids is 1. The Balaban J connectivity index is 2.09. The predicted octanol–water partition coefficient (Wildman–Crippen LogP) is 2.35. The summed E-state index contributed by atoms with van der Waals surface area (Å²) in [5.74, 6) is 5.14. The molecule has 7 heteroatoms. The monoisotopic (exact) mass is 296 g/mol. The second-order valence-electron chi connectivity index (χ2n) is 3.94. The summed E-state index contributed by atoms with van der Waals surface area (Å²) in [5.41, 5.74) is 3.48. The van der Waals surface area contributed by atoms with Crippen LogP contribution in [-0.4, -0.2) is 22.8 Å². The number of pyridine rings is 1. The van der Waals surface area contributed by atoms with Gasteiger partial charge in [-0.1, -0.05) is 11.6 Å². The lowest BCUT2D eigenvalue weighted by molar-refractivity contribution is 0.0780. The van der Waals surface area contributed by atoms with E-state index < -0.39 is 0 Å². The quantitative estimate of drug-likeness (QED) is 0.671. The molecule has 2 rings (SSSR count). The molecule has 0 atom stereocenters. The number of hydrogen-bond acceptors (Lipinski definition) is 5. The summed E-state index contributed by atoms with van der Waals surface area (Å²) in [6, 6.07) is 7.02. The number of nitrogens with two attached hydrogens (primary N) is 1. The van der Waals surface area contributed by atoms with Gasteiger partial charge in [0.15, 0.2) is 0 Å². The minimum Gasteiger partial charge on any atom is -0.335 e. The van der Waals surface area contributed by atoms with Crippen molar-refractivity contribution in [1.82, 2.24) is 9.88 Å². The molecule has 0 aromatic carbocycles. The van der Waals surface area contributed by atoms with Crippen LogP contribution in [0, 0.1) is 0 Å². The summed E-state index contributed by atoms with van der Waals surface area (Å²) in [6.45, 7) is 0.498. The lowest BCUT2D eigenvalue weighted by Crippen LogP contribution is -2.26. The van der Waals surface area contributed by atoms with Gasteiger partial charge >= 0.3 is 0 Å². The molecule has 0 radical (unpaired) electrons. The summed E-state index contributed by atoms with van der Waals surface area (Å²) in [5, 5.41) is 0. The SMILES string of the molecule is CN(Cc1ccc(Cl)s1)C(=O)c1cc(NN)ccn1. The van der Waals surface area contributed by atoms with Gasteiger partial charge in [0, 0.05) is 18.1 Å². The molecule has 3 N–H and O–H groups in total.